The van der Waals surface area contributed by atoms with Crippen molar-refractivity contribution in [3.05, 3.63) is 22.4 Å². The van der Waals surface area contributed by atoms with Crippen LogP contribution in [-0.2, 0) is 6.42 Å². The molecule has 1 aromatic rings. The van der Waals surface area contributed by atoms with Gasteiger partial charge in [-0.05, 0) is 43.8 Å². The van der Waals surface area contributed by atoms with Crippen molar-refractivity contribution in [1.82, 2.24) is 5.32 Å². The lowest BCUT2D eigenvalue weighted by atomic mass is 10.3. The number of nitrogens with one attached hydrogen (secondary N) is 1. The van der Waals surface area contributed by atoms with Gasteiger partial charge < -0.3 is 10.4 Å². The topological polar surface area (TPSA) is 32.3 Å². The largest absolute Gasteiger partial charge is 0.396 e. The zero-order chi connectivity index (χ0) is 9.36. The highest BCUT2D eigenvalue weighted by atomic mass is 32.1. The zero-order valence-electron chi connectivity index (χ0n) is 7.83. The van der Waals surface area contributed by atoms with E-state index in [0.29, 0.717) is 6.61 Å². The summed E-state index contributed by atoms with van der Waals surface area (Å²) < 4.78 is 0. The van der Waals surface area contributed by atoms with Gasteiger partial charge in [0.05, 0.1) is 0 Å². The fourth-order valence-corrected chi connectivity index (χ4v) is 1.86. The van der Waals surface area contributed by atoms with Crippen LogP contribution in [0.4, 0.5) is 0 Å². The Balaban J connectivity index is 1.90. The first-order chi connectivity index (χ1) is 6.43. The lowest BCUT2D eigenvalue weighted by Crippen LogP contribution is -2.18. The van der Waals surface area contributed by atoms with Crippen LogP contribution in [0.15, 0.2) is 17.5 Å². The third-order valence-electron chi connectivity index (χ3n) is 1.89. The maximum Gasteiger partial charge on any atom is 0.0431 e. The number of rotatable bonds is 7. The van der Waals surface area contributed by atoms with Crippen molar-refractivity contribution in [3.63, 3.8) is 0 Å². The van der Waals surface area contributed by atoms with E-state index in [0.717, 1.165) is 32.4 Å². The predicted molar refractivity (Wildman–Crippen MR) is 57.2 cm³/mol. The van der Waals surface area contributed by atoms with Gasteiger partial charge in [-0.3, -0.25) is 0 Å². The molecule has 0 amide bonds. The minimum atomic E-state index is 0.312. The van der Waals surface area contributed by atoms with Gasteiger partial charge in [0.25, 0.3) is 0 Å². The molecule has 1 rings (SSSR count). The van der Waals surface area contributed by atoms with Gasteiger partial charge in [-0.2, -0.15) is 0 Å². The maximum absolute atomic E-state index is 8.55. The number of hydrogen-bond donors (Lipinski definition) is 2. The first-order valence-corrected chi connectivity index (χ1v) is 5.65. The maximum atomic E-state index is 8.55. The van der Waals surface area contributed by atoms with E-state index in [1.807, 2.05) is 11.3 Å². The molecule has 0 aliphatic rings. The Morgan fingerprint density at radius 3 is 2.92 bits per heavy atom. The second kappa shape index (κ2) is 7.06. The summed E-state index contributed by atoms with van der Waals surface area (Å²) in [5.74, 6) is 0. The highest BCUT2D eigenvalue weighted by Gasteiger charge is 1.92. The molecular formula is C10H17NOS. The zero-order valence-corrected chi connectivity index (χ0v) is 8.65. The van der Waals surface area contributed by atoms with Crippen molar-refractivity contribution < 1.29 is 5.11 Å². The molecule has 0 aliphatic carbocycles. The van der Waals surface area contributed by atoms with Gasteiger partial charge >= 0.3 is 0 Å². The highest BCUT2D eigenvalue weighted by Crippen LogP contribution is 2.07. The van der Waals surface area contributed by atoms with Crippen LogP contribution in [0.3, 0.4) is 0 Å². The molecule has 0 bridgehead atoms. The second-order valence-corrected chi connectivity index (χ2v) is 4.04. The fourth-order valence-electron chi connectivity index (χ4n) is 1.15. The van der Waals surface area contributed by atoms with Crippen molar-refractivity contribution in [2.24, 2.45) is 0 Å². The van der Waals surface area contributed by atoms with Crippen molar-refractivity contribution in [2.45, 2.75) is 19.3 Å². The lowest BCUT2D eigenvalue weighted by molar-refractivity contribution is 0.284. The monoisotopic (exact) mass is 199 g/mol. The third kappa shape index (κ3) is 5.03. The summed E-state index contributed by atoms with van der Waals surface area (Å²) in [5, 5.41) is 14.0. The Kier molecular flexibility index (Phi) is 5.81. The highest BCUT2D eigenvalue weighted by molar-refractivity contribution is 7.09. The predicted octanol–water partition coefficient (Wildman–Crippen LogP) is 1.65. The molecule has 0 fully saturated rings. The smallest absolute Gasteiger partial charge is 0.0431 e. The summed E-state index contributed by atoms with van der Waals surface area (Å²) >= 11 is 1.81. The molecular weight excluding hydrogens is 182 g/mol. The van der Waals surface area contributed by atoms with Crippen molar-refractivity contribution in [1.29, 1.82) is 0 Å². The summed E-state index contributed by atoms with van der Waals surface area (Å²) in [7, 11) is 0. The van der Waals surface area contributed by atoms with Crippen LogP contribution >= 0.6 is 11.3 Å². The van der Waals surface area contributed by atoms with Gasteiger partial charge in [0.2, 0.25) is 0 Å². The first-order valence-electron chi connectivity index (χ1n) is 4.77. The minimum Gasteiger partial charge on any atom is -0.396 e. The molecule has 0 unspecified atom stereocenters. The number of aliphatic hydroxyl groups excluding tert-OH is 1. The van der Waals surface area contributed by atoms with Gasteiger partial charge in [-0.15, -0.1) is 11.3 Å². The van der Waals surface area contributed by atoms with E-state index in [4.69, 9.17) is 5.11 Å². The van der Waals surface area contributed by atoms with E-state index in [1.54, 1.807) is 0 Å². The number of thiophene rings is 1. The third-order valence-corrected chi connectivity index (χ3v) is 2.83. The average molecular weight is 199 g/mol. The van der Waals surface area contributed by atoms with Gasteiger partial charge in [0, 0.05) is 11.5 Å². The van der Waals surface area contributed by atoms with Crippen LogP contribution in [0, 0.1) is 0 Å². The molecule has 2 nitrogen and oxygen atoms in total. The Morgan fingerprint density at radius 2 is 2.23 bits per heavy atom. The Hall–Kier alpha value is -0.380. The summed E-state index contributed by atoms with van der Waals surface area (Å²) in [6, 6.07) is 4.26. The normalized spacial score (nSPS) is 10.5. The van der Waals surface area contributed by atoms with Crippen LogP contribution in [0.1, 0.15) is 17.7 Å². The molecule has 0 atom stereocenters. The minimum absolute atomic E-state index is 0.312. The average Bonchev–Trinajstić information content (AvgIpc) is 2.63. The fraction of sp³-hybridized carbons (Fsp3) is 0.600. The molecule has 1 aromatic heterocycles. The number of aliphatic hydroxyl groups is 1. The summed E-state index contributed by atoms with van der Waals surface area (Å²) in [6.07, 6.45) is 3.10. The Labute approximate surface area is 83.6 Å². The van der Waals surface area contributed by atoms with Gasteiger partial charge in [0.1, 0.15) is 0 Å². The van der Waals surface area contributed by atoms with Crippen LogP contribution in [0.25, 0.3) is 0 Å². The Bertz CT molecular complexity index is 199. The lowest BCUT2D eigenvalue weighted by Gasteiger charge is -2.01. The molecule has 0 radical (unpaired) electrons. The number of unbranched alkanes of at least 4 members (excludes halogenated alkanes) is 1. The van der Waals surface area contributed by atoms with Crippen LogP contribution in [0.5, 0.6) is 0 Å². The van der Waals surface area contributed by atoms with Gasteiger partial charge in [-0.25, -0.2) is 0 Å². The molecule has 1 heterocycles. The van der Waals surface area contributed by atoms with E-state index >= 15 is 0 Å². The molecule has 0 aromatic carbocycles. The van der Waals surface area contributed by atoms with E-state index in [2.05, 4.69) is 22.8 Å². The quantitative estimate of drug-likeness (QED) is 0.654. The molecule has 3 heteroatoms. The molecule has 0 saturated carbocycles. The molecule has 0 saturated heterocycles. The van der Waals surface area contributed by atoms with E-state index in [9.17, 15) is 0 Å². The second-order valence-electron chi connectivity index (χ2n) is 3.01. The molecule has 74 valence electrons. The summed E-state index contributed by atoms with van der Waals surface area (Å²) in [5.41, 5.74) is 0. The molecule has 2 N–H and O–H groups in total. The van der Waals surface area contributed by atoms with Crippen LogP contribution in [0.2, 0.25) is 0 Å². The van der Waals surface area contributed by atoms with Crippen LogP contribution < -0.4 is 5.32 Å². The van der Waals surface area contributed by atoms with Crippen LogP contribution in [-0.4, -0.2) is 24.8 Å². The Morgan fingerprint density at radius 1 is 1.31 bits per heavy atom. The van der Waals surface area contributed by atoms with E-state index in [1.165, 1.54) is 4.88 Å². The van der Waals surface area contributed by atoms with Crippen molar-refractivity contribution in [3.8, 4) is 0 Å². The molecule has 0 aliphatic heterocycles. The van der Waals surface area contributed by atoms with Crippen molar-refractivity contribution in [2.75, 3.05) is 19.7 Å². The first kappa shape index (κ1) is 10.7. The number of hydrogen-bond acceptors (Lipinski definition) is 3. The molecule has 13 heavy (non-hydrogen) atoms. The van der Waals surface area contributed by atoms with E-state index in [-0.39, 0.29) is 0 Å². The van der Waals surface area contributed by atoms with E-state index < -0.39 is 0 Å². The summed E-state index contributed by atoms with van der Waals surface area (Å²) in [6.45, 7) is 2.38. The van der Waals surface area contributed by atoms with Crippen molar-refractivity contribution >= 4 is 11.3 Å². The van der Waals surface area contributed by atoms with Gasteiger partial charge in [0.15, 0.2) is 0 Å². The van der Waals surface area contributed by atoms with Gasteiger partial charge in [-0.1, -0.05) is 6.07 Å². The summed E-state index contributed by atoms with van der Waals surface area (Å²) in [4.78, 5) is 1.44. The molecule has 0 spiro atoms. The standard InChI is InChI=1S/C10H17NOS/c12-8-2-1-6-11-7-5-10-4-3-9-13-10/h3-4,9,11-12H,1-2,5-8H2. The SMILES string of the molecule is OCCCCNCCc1cccs1.